The summed E-state index contributed by atoms with van der Waals surface area (Å²) in [7, 11) is 0. The fraction of sp³-hybridized carbons (Fsp3) is 0.184. The number of Topliss-reactive ketones (excluding diaryl/α,β-unsaturated/α-hetero) is 1. The number of aliphatic hydroxyl groups is 1. The Labute approximate surface area is 305 Å². The van der Waals surface area contributed by atoms with Crippen molar-refractivity contribution in [3.8, 4) is 6.07 Å². The molecule has 3 heteroatoms. The van der Waals surface area contributed by atoms with Gasteiger partial charge in [-0.05, 0) is 83.1 Å². The zero-order chi connectivity index (χ0) is 36.0. The maximum absolute atomic E-state index is 15.7. The van der Waals surface area contributed by atoms with E-state index in [1.54, 1.807) is 0 Å². The predicted molar refractivity (Wildman–Crippen MR) is 211 cm³/mol. The molecule has 0 aromatic heterocycles. The van der Waals surface area contributed by atoms with E-state index in [2.05, 4.69) is 73.7 Å². The Kier molecular flexibility index (Phi) is 8.37. The Hall–Kier alpha value is -5.82. The zero-order valence-electron chi connectivity index (χ0n) is 29.8. The van der Waals surface area contributed by atoms with Gasteiger partial charge in [-0.25, -0.2) is 0 Å². The van der Waals surface area contributed by atoms with E-state index in [1.807, 2.05) is 111 Å². The van der Waals surface area contributed by atoms with Gasteiger partial charge in [-0.3, -0.25) is 4.79 Å². The molecule has 0 saturated heterocycles. The van der Waals surface area contributed by atoms with Gasteiger partial charge in [0, 0.05) is 17.4 Å². The van der Waals surface area contributed by atoms with Crippen molar-refractivity contribution >= 4 is 27.3 Å². The van der Waals surface area contributed by atoms with Crippen LogP contribution in [0.1, 0.15) is 67.6 Å². The summed E-state index contributed by atoms with van der Waals surface area (Å²) in [6.45, 7) is 6.14. The number of aryl methyl sites for hydroxylation is 3. The Bertz CT molecular complexity index is 2490. The SMILES string of the molecule is Cc1ccc(C2CC(O)(c3ccc4ccccc4c3)C(C(=O)c3ccc4ccccc4c3)C(c3ccc(C)cc3)C2(C#N)c2cccc(C)c2)cc1. The topological polar surface area (TPSA) is 61.1 Å². The van der Waals surface area contributed by atoms with E-state index in [0.29, 0.717) is 11.1 Å². The minimum absolute atomic E-state index is 0.169. The molecule has 1 N–H and O–H groups in total. The highest BCUT2D eigenvalue weighted by Gasteiger charge is 2.64. The van der Waals surface area contributed by atoms with Gasteiger partial charge >= 0.3 is 0 Å². The van der Waals surface area contributed by atoms with Crippen molar-refractivity contribution in [1.29, 1.82) is 5.26 Å². The molecule has 254 valence electrons. The number of fused-ring (bicyclic) bond motifs is 2. The van der Waals surface area contributed by atoms with Gasteiger partial charge < -0.3 is 5.11 Å². The Balaban J connectivity index is 1.48. The molecule has 7 aromatic carbocycles. The molecule has 1 fully saturated rings. The lowest BCUT2D eigenvalue weighted by atomic mass is 9.46. The van der Waals surface area contributed by atoms with E-state index in [-0.39, 0.29) is 12.2 Å². The average molecular weight is 676 g/mol. The summed E-state index contributed by atoms with van der Waals surface area (Å²) >= 11 is 0. The van der Waals surface area contributed by atoms with Crippen molar-refractivity contribution in [2.45, 2.75) is 50.0 Å². The smallest absolute Gasteiger partial charge is 0.169 e. The Morgan fingerprint density at radius 1 is 0.596 bits per heavy atom. The Morgan fingerprint density at radius 2 is 1.17 bits per heavy atom. The molecule has 0 bridgehead atoms. The summed E-state index contributed by atoms with van der Waals surface area (Å²) in [5.74, 6) is -2.39. The average Bonchev–Trinajstić information content (AvgIpc) is 3.17. The highest BCUT2D eigenvalue weighted by Crippen LogP contribution is 2.64. The van der Waals surface area contributed by atoms with Gasteiger partial charge in [-0.15, -0.1) is 0 Å². The van der Waals surface area contributed by atoms with Crippen LogP contribution in [-0.2, 0) is 11.0 Å². The first-order valence-corrected chi connectivity index (χ1v) is 18.1. The van der Waals surface area contributed by atoms with Gasteiger partial charge in [0.05, 0.1) is 17.4 Å². The van der Waals surface area contributed by atoms with Crippen molar-refractivity contribution in [3.05, 3.63) is 202 Å². The van der Waals surface area contributed by atoms with E-state index in [1.165, 1.54) is 0 Å². The molecule has 0 spiro atoms. The molecule has 5 atom stereocenters. The van der Waals surface area contributed by atoms with Gasteiger partial charge in [0.25, 0.3) is 0 Å². The van der Waals surface area contributed by atoms with Crippen molar-refractivity contribution in [2.24, 2.45) is 5.92 Å². The van der Waals surface area contributed by atoms with Crippen LogP contribution < -0.4 is 0 Å². The number of carbonyl (C=O) groups excluding carboxylic acids is 1. The lowest BCUT2D eigenvalue weighted by Crippen LogP contribution is -2.58. The van der Waals surface area contributed by atoms with Crippen LogP contribution in [0, 0.1) is 38.0 Å². The number of carbonyl (C=O) groups is 1. The second kappa shape index (κ2) is 13.1. The lowest BCUT2D eigenvalue weighted by Gasteiger charge is -2.56. The van der Waals surface area contributed by atoms with Crippen molar-refractivity contribution < 1.29 is 9.90 Å². The summed E-state index contributed by atoms with van der Waals surface area (Å²) in [5.41, 5.74) is 4.20. The van der Waals surface area contributed by atoms with Crippen LogP contribution in [-0.4, -0.2) is 10.9 Å². The van der Waals surface area contributed by atoms with E-state index in [9.17, 15) is 10.4 Å². The van der Waals surface area contributed by atoms with Crippen LogP contribution in [0.5, 0.6) is 0 Å². The van der Waals surface area contributed by atoms with E-state index in [0.717, 1.165) is 54.9 Å². The largest absolute Gasteiger partial charge is 0.384 e. The van der Waals surface area contributed by atoms with Crippen molar-refractivity contribution in [1.82, 2.24) is 0 Å². The van der Waals surface area contributed by atoms with Gasteiger partial charge in [-0.1, -0.05) is 162 Å². The van der Waals surface area contributed by atoms with Crippen LogP contribution in [0.2, 0.25) is 0 Å². The molecule has 1 saturated carbocycles. The predicted octanol–water partition coefficient (Wildman–Crippen LogP) is 11.0. The molecule has 52 heavy (non-hydrogen) atoms. The maximum atomic E-state index is 15.7. The number of nitrogens with zero attached hydrogens (tertiary/aromatic N) is 1. The quantitative estimate of drug-likeness (QED) is 0.178. The molecule has 0 amide bonds. The summed E-state index contributed by atoms with van der Waals surface area (Å²) in [6.07, 6.45) is 0.169. The minimum atomic E-state index is -1.65. The molecule has 8 rings (SSSR count). The molecule has 1 aliphatic carbocycles. The maximum Gasteiger partial charge on any atom is 0.169 e. The van der Waals surface area contributed by atoms with E-state index >= 15 is 4.79 Å². The number of benzene rings is 7. The first-order chi connectivity index (χ1) is 25.2. The monoisotopic (exact) mass is 675 g/mol. The third-order valence-corrected chi connectivity index (χ3v) is 11.6. The van der Waals surface area contributed by atoms with Crippen LogP contribution >= 0.6 is 0 Å². The molecule has 1 aliphatic rings. The zero-order valence-corrected chi connectivity index (χ0v) is 29.8. The molecule has 0 radical (unpaired) electrons. The lowest BCUT2D eigenvalue weighted by molar-refractivity contribution is -0.0737. The molecular formula is C49H41NO2. The second-order valence-electron chi connectivity index (χ2n) is 14.8. The second-order valence-corrected chi connectivity index (χ2v) is 14.8. The van der Waals surface area contributed by atoms with Crippen LogP contribution in [0.15, 0.2) is 158 Å². The van der Waals surface area contributed by atoms with Crippen molar-refractivity contribution in [3.63, 3.8) is 0 Å². The summed E-state index contributed by atoms with van der Waals surface area (Å²) in [5, 5.41) is 29.7. The normalized spacial score (nSPS) is 22.9. The third kappa shape index (κ3) is 5.52. The highest BCUT2D eigenvalue weighted by atomic mass is 16.3. The fourth-order valence-corrected chi connectivity index (χ4v) is 8.90. The molecule has 5 unspecified atom stereocenters. The summed E-state index contributed by atoms with van der Waals surface area (Å²) in [6, 6.07) is 55.7. The summed E-state index contributed by atoms with van der Waals surface area (Å²) < 4.78 is 0. The standard InChI is InChI=1S/C49H41NO2/c1-32-15-19-37(20-16-32)44-30-49(52,43-26-25-36-11-5-7-13-40(36)29-43)46(47(51)41-24-23-35-10-4-6-12-39(35)28-41)45(38-21-17-33(2)18-22-38)48(44,31-50)42-14-8-9-34(3)27-42/h4-29,44-46,52H,30H2,1-3H3. The van der Waals surface area contributed by atoms with Gasteiger partial charge in [0.15, 0.2) is 5.78 Å². The van der Waals surface area contributed by atoms with Gasteiger partial charge in [-0.2, -0.15) is 5.26 Å². The molecule has 7 aromatic rings. The first kappa shape index (κ1) is 33.3. The molecular weight excluding hydrogens is 635 g/mol. The fourth-order valence-electron chi connectivity index (χ4n) is 8.90. The first-order valence-electron chi connectivity index (χ1n) is 18.1. The number of nitriles is 1. The molecule has 0 heterocycles. The van der Waals surface area contributed by atoms with E-state index in [4.69, 9.17) is 0 Å². The van der Waals surface area contributed by atoms with Gasteiger partial charge in [0.2, 0.25) is 0 Å². The van der Waals surface area contributed by atoms with Crippen LogP contribution in [0.4, 0.5) is 0 Å². The number of hydrogen-bond donors (Lipinski definition) is 1. The van der Waals surface area contributed by atoms with Gasteiger partial charge in [0.1, 0.15) is 5.60 Å². The molecule has 3 nitrogen and oxygen atoms in total. The number of ketones is 1. The number of rotatable bonds is 6. The van der Waals surface area contributed by atoms with Crippen molar-refractivity contribution in [2.75, 3.05) is 0 Å². The third-order valence-electron chi connectivity index (χ3n) is 11.6. The molecule has 0 aliphatic heterocycles. The Morgan fingerprint density at radius 3 is 1.79 bits per heavy atom. The highest BCUT2D eigenvalue weighted by molar-refractivity contribution is 6.03. The van der Waals surface area contributed by atoms with Crippen LogP contribution in [0.25, 0.3) is 21.5 Å². The number of hydrogen-bond acceptors (Lipinski definition) is 3. The van der Waals surface area contributed by atoms with Crippen LogP contribution in [0.3, 0.4) is 0 Å². The van der Waals surface area contributed by atoms with E-state index < -0.39 is 28.8 Å². The minimum Gasteiger partial charge on any atom is -0.384 e. The summed E-state index contributed by atoms with van der Waals surface area (Å²) in [4.78, 5) is 15.7.